The van der Waals surface area contributed by atoms with Gasteiger partial charge in [-0.1, -0.05) is 38.8 Å². The van der Waals surface area contributed by atoms with E-state index in [1.54, 1.807) is 6.07 Å². The van der Waals surface area contributed by atoms with E-state index in [1.807, 2.05) is 12.1 Å². The number of hydrogen-bond donors (Lipinski definition) is 2. The van der Waals surface area contributed by atoms with Crippen molar-refractivity contribution in [1.82, 2.24) is 4.90 Å². The van der Waals surface area contributed by atoms with E-state index in [0.29, 0.717) is 11.7 Å². The number of aromatic hydroxyl groups is 1. The van der Waals surface area contributed by atoms with Crippen molar-refractivity contribution in [3.05, 3.63) is 29.8 Å². The predicted octanol–water partition coefficient (Wildman–Crippen LogP) is 4.32. The molecule has 0 radical (unpaired) electrons. The average Bonchev–Trinajstić information content (AvgIpc) is 2.58. The van der Waals surface area contributed by atoms with Crippen LogP contribution < -0.4 is 0 Å². The van der Waals surface area contributed by atoms with Crippen LogP contribution >= 0.6 is 0 Å². The Morgan fingerprint density at radius 1 is 1.28 bits per heavy atom. The fourth-order valence-electron chi connectivity index (χ4n) is 4.94. The van der Waals surface area contributed by atoms with Crippen molar-refractivity contribution in [2.24, 2.45) is 11.8 Å². The van der Waals surface area contributed by atoms with Gasteiger partial charge in [-0.05, 0) is 80.1 Å². The zero-order valence-corrected chi connectivity index (χ0v) is 16.0. The summed E-state index contributed by atoms with van der Waals surface area (Å²) in [5.74, 6) is 1.70. The molecule has 140 valence electrons. The van der Waals surface area contributed by atoms with E-state index in [0.717, 1.165) is 38.3 Å². The molecule has 1 aromatic carbocycles. The van der Waals surface area contributed by atoms with E-state index < -0.39 is 0 Å². The number of nitrogens with zero attached hydrogens (tertiary/aromatic N) is 1. The maximum atomic E-state index is 9.83. The normalized spacial score (nSPS) is 34.1. The third kappa shape index (κ3) is 4.57. The summed E-state index contributed by atoms with van der Waals surface area (Å²) in [5.41, 5.74) is 1.43. The second kappa shape index (κ2) is 8.09. The molecule has 0 amide bonds. The number of likely N-dealkylation sites (tertiary alicyclic amines) is 1. The number of benzene rings is 1. The van der Waals surface area contributed by atoms with Crippen LogP contribution in [0.15, 0.2) is 24.3 Å². The molecule has 25 heavy (non-hydrogen) atoms. The van der Waals surface area contributed by atoms with Gasteiger partial charge >= 0.3 is 0 Å². The molecule has 1 saturated carbocycles. The van der Waals surface area contributed by atoms with Gasteiger partial charge in [-0.15, -0.1) is 0 Å². The lowest BCUT2D eigenvalue weighted by Crippen LogP contribution is -2.47. The summed E-state index contributed by atoms with van der Waals surface area (Å²) in [6, 6.07) is 7.84. The zero-order valence-electron chi connectivity index (χ0n) is 16.0. The number of rotatable bonds is 5. The molecule has 1 aliphatic carbocycles. The van der Waals surface area contributed by atoms with Gasteiger partial charge in [0.25, 0.3) is 0 Å². The van der Waals surface area contributed by atoms with Crippen molar-refractivity contribution in [2.45, 2.75) is 70.3 Å². The molecule has 1 aliphatic heterocycles. The SMILES string of the molecule is CC1CN(CCCC2CCCC(O)C2)CCC1(C)c1cccc(O)c1. The molecule has 3 rings (SSSR count). The molecule has 0 spiro atoms. The number of aliphatic hydroxyl groups is 1. The highest BCUT2D eigenvalue weighted by molar-refractivity contribution is 5.33. The lowest BCUT2D eigenvalue weighted by molar-refractivity contribution is 0.0886. The van der Waals surface area contributed by atoms with Crippen LogP contribution in [0.5, 0.6) is 5.75 Å². The highest BCUT2D eigenvalue weighted by Gasteiger charge is 2.37. The quantitative estimate of drug-likeness (QED) is 0.835. The van der Waals surface area contributed by atoms with Gasteiger partial charge in [-0.25, -0.2) is 0 Å². The maximum Gasteiger partial charge on any atom is 0.115 e. The lowest BCUT2D eigenvalue weighted by atomic mass is 9.68. The summed E-state index contributed by atoms with van der Waals surface area (Å²) in [4.78, 5) is 2.62. The monoisotopic (exact) mass is 345 g/mol. The van der Waals surface area contributed by atoms with Gasteiger partial charge in [0.1, 0.15) is 5.75 Å². The molecule has 2 fully saturated rings. The van der Waals surface area contributed by atoms with Gasteiger partial charge in [0.05, 0.1) is 6.10 Å². The number of phenols is 1. The molecule has 0 bridgehead atoms. The van der Waals surface area contributed by atoms with Crippen molar-refractivity contribution < 1.29 is 10.2 Å². The van der Waals surface area contributed by atoms with Crippen molar-refractivity contribution in [3.8, 4) is 5.75 Å². The van der Waals surface area contributed by atoms with Gasteiger partial charge in [0.15, 0.2) is 0 Å². The number of hydrogen-bond acceptors (Lipinski definition) is 3. The molecule has 2 N–H and O–H groups in total. The van der Waals surface area contributed by atoms with Crippen molar-refractivity contribution in [1.29, 1.82) is 0 Å². The van der Waals surface area contributed by atoms with Gasteiger partial charge in [-0.2, -0.15) is 0 Å². The largest absolute Gasteiger partial charge is 0.508 e. The van der Waals surface area contributed by atoms with Crippen molar-refractivity contribution >= 4 is 0 Å². The summed E-state index contributed by atoms with van der Waals surface area (Å²) >= 11 is 0. The fourth-order valence-corrected chi connectivity index (χ4v) is 4.94. The second-order valence-electron chi connectivity index (χ2n) is 8.75. The van der Waals surface area contributed by atoms with Crippen LogP contribution in [0.4, 0.5) is 0 Å². The minimum Gasteiger partial charge on any atom is -0.508 e. The van der Waals surface area contributed by atoms with Gasteiger partial charge in [0, 0.05) is 6.54 Å². The lowest BCUT2D eigenvalue weighted by Gasteiger charge is -2.45. The van der Waals surface area contributed by atoms with Crippen LogP contribution in [-0.4, -0.2) is 40.9 Å². The van der Waals surface area contributed by atoms with Gasteiger partial charge in [-0.3, -0.25) is 0 Å². The molecule has 4 unspecified atom stereocenters. The standard InChI is InChI=1S/C22H35NO2/c1-17-16-23(12-5-7-18-6-3-9-20(24)14-18)13-11-22(17,2)19-8-4-10-21(25)15-19/h4,8,10,15,17-18,20,24-25H,3,5-7,9,11-14,16H2,1-2H3. The second-order valence-corrected chi connectivity index (χ2v) is 8.75. The van der Waals surface area contributed by atoms with Crippen LogP contribution in [0, 0.1) is 11.8 Å². The molecular formula is C22H35NO2. The maximum absolute atomic E-state index is 9.83. The zero-order chi connectivity index (χ0) is 17.9. The molecule has 2 aliphatic rings. The average molecular weight is 346 g/mol. The van der Waals surface area contributed by atoms with Crippen LogP contribution in [0.2, 0.25) is 0 Å². The van der Waals surface area contributed by atoms with E-state index in [2.05, 4.69) is 24.8 Å². The molecule has 1 heterocycles. The van der Waals surface area contributed by atoms with Gasteiger partial charge < -0.3 is 15.1 Å². The Bertz CT molecular complexity index is 561. The number of aliphatic hydroxyl groups excluding tert-OH is 1. The van der Waals surface area contributed by atoms with E-state index >= 15 is 0 Å². The Morgan fingerprint density at radius 2 is 2.12 bits per heavy atom. The first kappa shape index (κ1) is 18.7. The Kier molecular flexibility index (Phi) is 6.06. The van der Waals surface area contributed by atoms with Gasteiger partial charge in [0.2, 0.25) is 0 Å². The third-order valence-corrected chi connectivity index (χ3v) is 6.91. The highest BCUT2D eigenvalue weighted by Crippen LogP contribution is 2.40. The number of phenolic OH excluding ortho intramolecular Hbond substituents is 1. The smallest absolute Gasteiger partial charge is 0.115 e. The molecule has 3 heteroatoms. The van der Waals surface area contributed by atoms with Crippen LogP contribution in [-0.2, 0) is 5.41 Å². The Balaban J connectivity index is 1.48. The Morgan fingerprint density at radius 3 is 2.84 bits per heavy atom. The number of piperidine rings is 1. The van der Waals surface area contributed by atoms with E-state index in [1.165, 1.54) is 37.8 Å². The summed E-state index contributed by atoms with van der Waals surface area (Å²) in [7, 11) is 0. The first-order chi connectivity index (χ1) is 12.0. The van der Waals surface area contributed by atoms with E-state index in [9.17, 15) is 10.2 Å². The minimum absolute atomic E-state index is 0.0447. The molecule has 1 saturated heterocycles. The van der Waals surface area contributed by atoms with Crippen molar-refractivity contribution in [3.63, 3.8) is 0 Å². The first-order valence-corrected chi connectivity index (χ1v) is 10.2. The summed E-state index contributed by atoms with van der Waals surface area (Å²) in [6.45, 7) is 8.18. The fraction of sp³-hybridized carbons (Fsp3) is 0.727. The molecule has 3 nitrogen and oxygen atoms in total. The minimum atomic E-state index is -0.0447. The summed E-state index contributed by atoms with van der Waals surface area (Å²) in [6.07, 6.45) is 8.17. The van der Waals surface area contributed by atoms with E-state index in [-0.39, 0.29) is 11.5 Å². The van der Waals surface area contributed by atoms with Crippen molar-refractivity contribution in [2.75, 3.05) is 19.6 Å². The van der Waals surface area contributed by atoms with E-state index in [4.69, 9.17) is 0 Å². The van der Waals surface area contributed by atoms with Crippen LogP contribution in [0.25, 0.3) is 0 Å². The molecule has 1 aromatic rings. The Labute approximate surface area is 153 Å². The van der Waals surface area contributed by atoms with Crippen LogP contribution in [0.1, 0.15) is 64.4 Å². The molecule has 4 atom stereocenters. The summed E-state index contributed by atoms with van der Waals surface area (Å²) < 4.78 is 0. The molecular weight excluding hydrogens is 310 g/mol. The Hall–Kier alpha value is -1.06. The predicted molar refractivity (Wildman–Crippen MR) is 103 cm³/mol. The first-order valence-electron chi connectivity index (χ1n) is 10.2. The van der Waals surface area contributed by atoms with Crippen LogP contribution in [0.3, 0.4) is 0 Å². The third-order valence-electron chi connectivity index (χ3n) is 6.91. The topological polar surface area (TPSA) is 43.7 Å². The summed E-state index contributed by atoms with van der Waals surface area (Å²) in [5, 5.41) is 19.6. The molecule has 0 aromatic heterocycles. The highest BCUT2D eigenvalue weighted by atomic mass is 16.3.